The molecule has 5 nitrogen and oxygen atoms in total. The van der Waals surface area contributed by atoms with Crippen LogP contribution in [0.1, 0.15) is 0 Å². The van der Waals surface area contributed by atoms with E-state index in [9.17, 15) is 18.0 Å². The number of allylic oxidation sites excluding steroid dienone is 3. The van der Waals surface area contributed by atoms with Gasteiger partial charge in [-0.15, -0.1) is 0 Å². The van der Waals surface area contributed by atoms with Gasteiger partial charge in [-0.1, -0.05) is 23.8 Å². The van der Waals surface area contributed by atoms with Gasteiger partial charge in [-0.25, -0.2) is 0 Å². The zero-order chi connectivity index (χ0) is 17.2. The molecule has 23 heavy (non-hydrogen) atoms. The first-order valence-electron chi connectivity index (χ1n) is 6.52. The average molecular weight is 347 g/mol. The number of alkyl halides is 3. The lowest BCUT2D eigenvalue weighted by molar-refractivity contribution is -0.143. The van der Waals surface area contributed by atoms with Crippen LogP contribution >= 0.6 is 11.6 Å². The highest BCUT2D eigenvalue weighted by molar-refractivity contribution is 6.32. The van der Waals surface area contributed by atoms with Crippen molar-refractivity contribution in [2.45, 2.75) is 18.3 Å². The number of nitrogens with two attached hydrogens (primary N) is 2. The third-order valence-electron chi connectivity index (χ3n) is 3.19. The quantitative estimate of drug-likeness (QED) is 0.606. The van der Waals surface area contributed by atoms with E-state index in [2.05, 4.69) is 10.6 Å². The highest BCUT2D eigenvalue weighted by Crippen LogP contribution is 2.25. The molecule has 1 aliphatic carbocycles. The summed E-state index contributed by atoms with van der Waals surface area (Å²) in [5.41, 5.74) is 11.7. The van der Waals surface area contributed by atoms with Gasteiger partial charge < -0.3 is 22.1 Å². The Hall–Kier alpha value is -2.19. The third-order valence-corrected chi connectivity index (χ3v) is 3.52. The largest absolute Gasteiger partial charge is 0.412 e. The summed E-state index contributed by atoms with van der Waals surface area (Å²) in [5.74, 6) is -0.756. The first kappa shape index (κ1) is 17.2. The summed E-state index contributed by atoms with van der Waals surface area (Å²) in [6.07, 6.45) is 3.01. The number of carbonyl (C=O) groups is 1. The van der Waals surface area contributed by atoms with Crippen LogP contribution in [0.25, 0.3) is 0 Å². The van der Waals surface area contributed by atoms with Gasteiger partial charge >= 0.3 is 6.18 Å². The summed E-state index contributed by atoms with van der Waals surface area (Å²) in [6, 6.07) is -2.44. The van der Waals surface area contributed by atoms with Gasteiger partial charge in [-0.3, -0.25) is 4.79 Å². The fourth-order valence-electron chi connectivity index (χ4n) is 1.98. The standard InChI is InChI=1S/C14H14ClF3N4O/c15-8-5-9(20)7(6-19)4-11(8)22-13(23)10-2-1-3-12(21-10)14(16,17)18/h1-6,9,12,21H,19-20H2,(H,22,23)/b7-6-. The van der Waals surface area contributed by atoms with E-state index in [0.29, 0.717) is 5.57 Å². The summed E-state index contributed by atoms with van der Waals surface area (Å²) in [5, 5.41) is 4.72. The minimum atomic E-state index is -4.50. The van der Waals surface area contributed by atoms with Crippen LogP contribution in [0.5, 0.6) is 0 Å². The van der Waals surface area contributed by atoms with Crippen LogP contribution in [0.2, 0.25) is 0 Å². The SMILES string of the molecule is N/C=C1/C=C(NC(=O)C2=CC=CC(C(F)(F)F)N2)C(Cl)=CC1N. The van der Waals surface area contributed by atoms with Crippen molar-refractivity contribution in [1.29, 1.82) is 0 Å². The second-order valence-corrected chi connectivity index (χ2v) is 5.26. The van der Waals surface area contributed by atoms with Crippen molar-refractivity contribution < 1.29 is 18.0 Å². The summed E-state index contributed by atoms with van der Waals surface area (Å²) in [4.78, 5) is 12.1. The van der Waals surface area contributed by atoms with Crippen molar-refractivity contribution >= 4 is 17.5 Å². The lowest BCUT2D eigenvalue weighted by atomic mass is 10.0. The van der Waals surface area contributed by atoms with Crippen LogP contribution in [0, 0.1) is 0 Å². The van der Waals surface area contributed by atoms with Crippen molar-refractivity contribution in [1.82, 2.24) is 10.6 Å². The molecule has 124 valence electrons. The smallest absolute Gasteiger partial charge is 0.404 e. The Bertz CT molecular complexity index is 661. The number of amides is 1. The predicted octanol–water partition coefficient (Wildman–Crippen LogP) is 1.27. The molecular formula is C14H14ClF3N4O. The topological polar surface area (TPSA) is 93.2 Å². The molecule has 0 spiro atoms. The number of carbonyl (C=O) groups excluding carboxylic acids is 1. The second kappa shape index (κ2) is 6.51. The summed E-state index contributed by atoms with van der Waals surface area (Å²) < 4.78 is 38.1. The van der Waals surface area contributed by atoms with Crippen LogP contribution in [0.15, 0.2) is 58.6 Å². The van der Waals surface area contributed by atoms with Crippen molar-refractivity contribution in [3.05, 3.63) is 58.6 Å². The van der Waals surface area contributed by atoms with E-state index in [1.807, 2.05) is 0 Å². The molecule has 1 heterocycles. The Balaban J connectivity index is 2.12. The van der Waals surface area contributed by atoms with Gasteiger partial charge in [0.1, 0.15) is 11.7 Å². The van der Waals surface area contributed by atoms with E-state index < -0.39 is 24.2 Å². The molecule has 0 fully saturated rings. The van der Waals surface area contributed by atoms with Gasteiger partial charge in [0.25, 0.3) is 5.91 Å². The summed E-state index contributed by atoms with van der Waals surface area (Å²) in [6.45, 7) is 0. The molecule has 2 rings (SSSR count). The molecule has 2 unspecified atom stereocenters. The third kappa shape index (κ3) is 3.96. The van der Waals surface area contributed by atoms with Crippen LogP contribution in [0.4, 0.5) is 13.2 Å². The highest BCUT2D eigenvalue weighted by Gasteiger charge is 2.39. The predicted molar refractivity (Wildman–Crippen MR) is 80.6 cm³/mol. The van der Waals surface area contributed by atoms with Crippen molar-refractivity contribution in [2.75, 3.05) is 0 Å². The fourth-order valence-corrected chi connectivity index (χ4v) is 2.22. The van der Waals surface area contributed by atoms with E-state index in [-0.39, 0.29) is 16.4 Å². The Labute approximate surface area is 135 Å². The Morgan fingerprint density at radius 3 is 2.74 bits per heavy atom. The molecule has 0 radical (unpaired) electrons. The molecule has 1 amide bonds. The van der Waals surface area contributed by atoms with Crippen LogP contribution in [0.3, 0.4) is 0 Å². The molecule has 0 aromatic heterocycles. The van der Waals surface area contributed by atoms with Gasteiger partial charge in [0.15, 0.2) is 0 Å². The number of nitrogens with one attached hydrogen (secondary N) is 2. The maximum atomic E-state index is 12.7. The van der Waals surface area contributed by atoms with Gasteiger partial charge in [-0.2, -0.15) is 13.2 Å². The van der Waals surface area contributed by atoms with Gasteiger partial charge in [0.05, 0.1) is 16.8 Å². The zero-order valence-corrected chi connectivity index (χ0v) is 12.4. The minimum absolute atomic E-state index is 0.177. The fraction of sp³-hybridized carbons (Fsp3) is 0.214. The normalized spacial score (nSPS) is 26.1. The summed E-state index contributed by atoms with van der Waals surface area (Å²) >= 11 is 5.98. The van der Waals surface area contributed by atoms with E-state index in [4.69, 9.17) is 23.1 Å². The molecule has 1 aliphatic heterocycles. The Kier molecular flexibility index (Phi) is 4.86. The van der Waals surface area contributed by atoms with Gasteiger partial charge in [-0.05, 0) is 30.0 Å². The van der Waals surface area contributed by atoms with Crippen molar-refractivity contribution in [3.8, 4) is 0 Å². The van der Waals surface area contributed by atoms with Crippen LogP contribution in [-0.4, -0.2) is 24.2 Å². The molecule has 6 N–H and O–H groups in total. The first-order valence-corrected chi connectivity index (χ1v) is 6.90. The lowest BCUT2D eigenvalue weighted by Gasteiger charge is -2.24. The van der Waals surface area contributed by atoms with Gasteiger partial charge in [0, 0.05) is 0 Å². The molecule has 0 saturated carbocycles. The average Bonchev–Trinajstić information content (AvgIpc) is 2.49. The van der Waals surface area contributed by atoms with E-state index >= 15 is 0 Å². The second-order valence-electron chi connectivity index (χ2n) is 4.85. The molecule has 9 heteroatoms. The number of hydrogen-bond acceptors (Lipinski definition) is 4. The molecule has 0 bridgehead atoms. The van der Waals surface area contributed by atoms with Crippen LogP contribution in [-0.2, 0) is 4.79 Å². The van der Waals surface area contributed by atoms with Crippen molar-refractivity contribution in [2.24, 2.45) is 11.5 Å². The number of halogens is 4. The molecule has 2 atom stereocenters. The van der Waals surface area contributed by atoms with E-state index in [1.54, 1.807) is 0 Å². The van der Waals surface area contributed by atoms with E-state index in [1.165, 1.54) is 24.4 Å². The highest BCUT2D eigenvalue weighted by atomic mass is 35.5. The first-order chi connectivity index (χ1) is 10.7. The van der Waals surface area contributed by atoms with Crippen molar-refractivity contribution in [3.63, 3.8) is 0 Å². The number of rotatable bonds is 2. The van der Waals surface area contributed by atoms with Crippen LogP contribution < -0.4 is 22.1 Å². The Morgan fingerprint density at radius 1 is 1.43 bits per heavy atom. The minimum Gasteiger partial charge on any atom is -0.404 e. The molecular weight excluding hydrogens is 333 g/mol. The molecule has 0 aromatic carbocycles. The maximum Gasteiger partial charge on any atom is 0.412 e. The molecule has 0 aromatic rings. The summed E-state index contributed by atoms with van der Waals surface area (Å²) in [7, 11) is 0. The number of dihydropyridines is 1. The van der Waals surface area contributed by atoms with E-state index in [0.717, 1.165) is 12.2 Å². The lowest BCUT2D eigenvalue weighted by Crippen LogP contribution is -2.45. The maximum absolute atomic E-state index is 12.7. The zero-order valence-electron chi connectivity index (χ0n) is 11.7. The number of hydrogen-bond donors (Lipinski definition) is 4. The molecule has 2 aliphatic rings. The monoisotopic (exact) mass is 346 g/mol. The molecule has 0 saturated heterocycles. The van der Waals surface area contributed by atoms with Gasteiger partial charge in [0.2, 0.25) is 0 Å². The Morgan fingerprint density at radius 2 is 2.13 bits per heavy atom.